The number of hydrogen-bond acceptors (Lipinski definition) is 4. The Morgan fingerprint density at radius 3 is 2.72 bits per heavy atom. The molecular formula is C14H26N4. The molecular weight excluding hydrogens is 224 g/mol. The molecule has 0 aromatic rings. The minimum Gasteiger partial charge on any atom is -0.305 e. The smallest absolute Gasteiger partial charge is 0.105 e. The molecule has 4 heteroatoms. The molecule has 0 aromatic carbocycles. The maximum absolute atomic E-state index is 9.35. The first-order valence-electron chi connectivity index (χ1n) is 7.21. The maximum Gasteiger partial charge on any atom is 0.105 e. The van der Waals surface area contributed by atoms with E-state index in [1.807, 2.05) is 0 Å². The van der Waals surface area contributed by atoms with E-state index in [9.17, 15) is 5.26 Å². The highest BCUT2D eigenvalue weighted by Gasteiger charge is 2.32. The van der Waals surface area contributed by atoms with Gasteiger partial charge in [0, 0.05) is 25.7 Å². The summed E-state index contributed by atoms with van der Waals surface area (Å²) >= 11 is 0. The molecule has 1 unspecified atom stereocenters. The third kappa shape index (κ3) is 4.24. The number of nitrogens with one attached hydrogen (secondary N) is 1. The minimum atomic E-state index is -0.334. The zero-order chi connectivity index (χ0) is 13.0. The SMILES string of the molecule is CN1CCCN(CCC(C)(C#N)NC2CC2)CC1. The van der Waals surface area contributed by atoms with Gasteiger partial charge < -0.3 is 9.80 Å². The van der Waals surface area contributed by atoms with E-state index in [4.69, 9.17) is 0 Å². The molecule has 2 fully saturated rings. The van der Waals surface area contributed by atoms with E-state index in [1.165, 1.54) is 32.4 Å². The van der Waals surface area contributed by atoms with Crippen molar-refractivity contribution >= 4 is 0 Å². The van der Waals surface area contributed by atoms with E-state index in [-0.39, 0.29) is 5.54 Å². The van der Waals surface area contributed by atoms with Crippen LogP contribution >= 0.6 is 0 Å². The maximum atomic E-state index is 9.35. The number of likely N-dealkylation sites (N-methyl/N-ethyl adjacent to an activating group) is 1. The molecule has 2 aliphatic rings. The van der Waals surface area contributed by atoms with E-state index in [0.29, 0.717) is 6.04 Å². The van der Waals surface area contributed by atoms with Crippen molar-refractivity contribution in [3.63, 3.8) is 0 Å². The second-order valence-corrected chi connectivity index (χ2v) is 6.11. The molecule has 1 saturated carbocycles. The molecule has 0 aromatic heterocycles. The summed E-state index contributed by atoms with van der Waals surface area (Å²) in [6.07, 6.45) is 4.66. The van der Waals surface area contributed by atoms with Crippen molar-refractivity contribution in [3.05, 3.63) is 0 Å². The van der Waals surface area contributed by atoms with Crippen LogP contribution < -0.4 is 5.32 Å². The van der Waals surface area contributed by atoms with Crippen molar-refractivity contribution in [1.82, 2.24) is 15.1 Å². The van der Waals surface area contributed by atoms with Crippen LogP contribution in [0, 0.1) is 11.3 Å². The van der Waals surface area contributed by atoms with Crippen LogP contribution in [0.15, 0.2) is 0 Å². The van der Waals surface area contributed by atoms with Crippen molar-refractivity contribution in [1.29, 1.82) is 5.26 Å². The van der Waals surface area contributed by atoms with Gasteiger partial charge in [-0.15, -0.1) is 0 Å². The number of nitriles is 1. The van der Waals surface area contributed by atoms with E-state index in [1.54, 1.807) is 0 Å². The summed E-state index contributed by atoms with van der Waals surface area (Å²) in [5.74, 6) is 0. The summed E-state index contributed by atoms with van der Waals surface area (Å²) in [6.45, 7) is 7.76. The average molecular weight is 250 g/mol. The van der Waals surface area contributed by atoms with Crippen LogP contribution in [0.3, 0.4) is 0 Å². The van der Waals surface area contributed by atoms with Crippen molar-refractivity contribution < 1.29 is 0 Å². The Hall–Kier alpha value is -0.630. The molecule has 1 N–H and O–H groups in total. The summed E-state index contributed by atoms with van der Waals surface area (Å²) in [4.78, 5) is 4.90. The van der Waals surface area contributed by atoms with Gasteiger partial charge in [0.15, 0.2) is 0 Å². The van der Waals surface area contributed by atoms with Crippen LogP contribution in [-0.4, -0.2) is 61.2 Å². The Kier molecular flexibility index (Phi) is 4.60. The van der Waals surface area contributed by atoms with Crippen LogP contribution in [0.25, 0.3) is 0 Å². The van der Waals surface area contributed by atoms with Crippen LogP contribution in [-0.2, 0) is 0 Å². The van der Waals surface area contributed by atoms with Gasteiger partial charge in [-0.2, -0.15) is 5.26 Å². The Morgan fingerprint density at radius 1 is 1.28 bits per heavy atom. The van der Waals surface area contributed by atoms with Gasteiger partial charge in [-0.25, -0.2) is 0 Å². The Bertz CT molecular complexity index is 307. The quantitative estimate of drug-likeness (QED) is 0.792. The monoisotopic (exact) mass is 250 g/mol. The molecule has 0 spiro atoms. The fourth-order valence-electron chi connectivity index (χ4n) is 2.54. The van der Waals surface area contributed by atoms with Crippen molar-refractivity contribution in [3.8, 4) is 6.07 Å². The van der Waals surface area contributed by atoms with Gasteiger partial charge in [0.1, 0.15) is 5.54 Å². The molecule has 18 heavy (non-hydrogen) atoms. The van der Waals surface area contributed by atoms with Crippen molar-refractivity contribution in [2.45, 2.75) is 44.2 Å². The van der Waals surface area contributed by atoms with Crippen LogP contribution in [0.2, 0.25) is 0 Å². The van der Waals surface area contributed by atoms with Crippen LogP contribution in [0.5, 0.6) is 0 Å². The lowest BCUT2D eigenvalue weighted by Crippen LogP contribution is -2.45. The van der Waals surface area contributed by atoms with Gasteiger partial charge in [0.05, 0.1) is 6.07 Å². The minimum absolute atomic E-state index is 0.334. The fraction of sp³-hybridized carbons (Fsp3) is 0.929. The average Bonchev–Trinajstić information content (AvgIpc) is 3.16. The molecule has 1 aliphatic heterocycles. The molecule has 4 nitrogen and oxygen atoms in total. The highest BCUT2D eigenvalue weighted by Crippen LogP contribution is 2.24. The van der Waals surface area contributed by atoms with Crippen molar-refractivity contribution in [2.24, 2.45) is 0 Å². The third-order valence-electron chi connectivity index (χ3n) is 4.09. The molecule has 1 aliphatic carbocycles. The zero-order valence-electron chi connectivity index (χ0n) is 11.8. The predicted molar refractivity (Wildman–Crippen MR) is 73.3 cm³/mol. The summed E-state index contributed by atoms with van der Waals surface area (Å²) < 4.78 is 0. The Balaban J connectivity index is 1.76. The van der Waals surface area contributed by atoms with E-state index in [0.717, 1.165) is 26.1 Å². The fourth-order valence-corrected chi connectivity index (χ4v) is 2.54. The number of rotatable bonds is 5. The third-order valence-corrected chi connectivity index (χ3v) is 4.09. The van der Waals surface area contributed by atoms with E-state index >= 15 is 0 Å². The highest BCUT2D eigenvalue weighted by atomic mass is 15.2. The number of hydrogen-bond donors (Lipinski definition) is 1. The first-order chi connectivity index (χ1) is 8.61. The first-order valence-corrected chi connectivity index (χ1v) is 7.21. The molecule has 1 atom stereocenters. The summed E-state index contributed by atoms with van der Waals surface area (Å²) in [6, 6.07) is 3.07. The van der Waals surface area contributed by atoms with Crippen molar-refractivity contribution in [2.75, 3.05) is 39.8 Å². The first kappa shape index (κ1) is 13.8. The van der Waals surface area contributed by atoms with Gasteiger partial charge >= 0.3 is 0 Å². The second-order valence-electron chi connectivity index (χ2n) is 6.11. The predicted octanol–water partition coefficient (Wildman–Crippen LogP) is 1.05. The van der Waals surface area contributed by atoms with E-state index in [2.05, 4.69) is 35.2 Å². The van der Waals surface area contributed by atoms with Gasteiger partial charge in [-0.05, 0) is 52.7 Å². The molecule has 1 saturated heterocycles. The molecule has 102 valence electrons. The highest BCUT2D eigenvalue weighted by molar-refractivity contribution is 5.07. The lowest BCUT2D eigenvalue weighted by atomic mass is 9.99. The topological polar surface area (TPSA) is 42.3 Å². The van der Waals surface area contributed by atoms with E-state index < -0.39 is 0 Å². The van der Waals surface area contributed by atoms with Gasteiger partial charge in [-0.3, -0.25) is 5.32 Å². The molecule has 0 radical (unpaired) electrons. The lowest BCUT2D eigenvalue weighted by Gasteiger charge is -2.27. The van der Waals surface area contributed by atoms with Crippen LogP contribution in [0.1, 0.15) is 32.6 Å². The Morgan fingerprint density at radius 2 is 2.06 bits per heavy atom. The van der Waals surface area contributed by atoms with Gasteiger partial charge in [-0.1, -0.05) is 0 Å². The summed E-state index contributed by atoms with van der Waals surface area (Å²) in [5.41, 5.74) is -0.334. The lowest BCUT2D eigenvalue weighted by molar-refractivity contribution is 0.248. The van der Waals surface area contributed by atoms with Crippen LogP contribution in [0.4, 0.5) is 0 Å². The van der Waals surface area contributed by atoms with Gasteiger partial charge in [0.2, 0.25) is 0 Å². The summed E-state index contributed by atoms with van der Waals surface area (Å²) in [7, 11) is 2.19. The largest absolute Gasteiger partial charge is 0.305 e. The molecule has 0 bridgehead atoms. The standard InChI is InChI=1S/C14H26N4/c1-14(12-15,16-13-4-5-13)6-9-18-8-3-7-17(2)10-11-18/h13,16H,3-11H2,1-2H3. The molecule has 0 amide bonds. The Labute approximate surface area is 111 Å². The molecule has 1 heterocycles. The molecule has 2 rings (SSSR count). The number of nitrogens with zero attached hydrogens (tertiary/aromatic N) is 3. The van der Waals surface area contributed by atoms with Gasteiger partial charge in [0.25, 0.3) is 0 Å². The normalized spacial score (nSPS) is 26.3. The summed E-state index contributed by atoms with van der Waals surface area (Å²) in [5, 5.41) is 12.8. The zero-order valence-corrected chi connectivity index (χ0v) is 11.8. The second kappa shape index (κ2) is 6.01.